The van der Waals surface area contributed by atoms with Crippen LogP contribution in [0.3, 0.4) is 0 Å². The summed E-state index contributed by atoms with van der Waals surface area (Å²) in [5, 5.41) is 0. The highest BCUT2D eigenvalue weighted by atomic mass is 32.2. The number of hydrogen-bond donors (Lipinski definition) is 0. The molecule has 0 amide bonds. The second-order valence-corrected chi connectivity index (χ2v) is 4.11. The average Bonchev–Trinajstić information content (AvgIpc) is 2.08. The molecule has 0 bridgehead atoms. The van der Waals surface area contributed by atoms with E-state index in [9.17, 15) is 0 Å². The molecule has 1 rings (SSSR count). The van der Waals surface area contributed by atoms with Gasteiger partial charge in [0.05, 0.1) is 6.10 Å². The van der Waals surface area contributed by atoms with Crippen LogP contribution in [0.5, 0.6) is 5.75 Å². The monoisotopic (exact) mass is 195 g/mol. The highest BCUT2D eigenvalue weighted by Gasteiger charge is 2.03. The smallest absolute Gasteiger partial charge is 0.133 e. The Morgan fingerprint density at radius 3 is 2.62 bits per heavy atom. The van der Waals surface area contributed by atoms with Gasteiger partial charge in [-0.1, -0.05) is 19.1 Å². The van der Waals surface area contributed by atoms with Gasteiger partial charge in [-0.2, -0.15) is 0 Å². The predicted octanol–water partition coefficient (Wildman–Crippen LogP) is 3.75. The van der Waals surface area contributed by atoms with E-state index in [1.54, 1.807) is 11.8 Å². The maximum Gasteiger partial charge on any atom is 0.133 e. The quantitative estimate of drug-likeness (QED) is 0.677. The molecule has 1 radical (unpaired) electrons. The van der Waals surface area contributed by atoms with Crippen LogP contribution in [-0.4, -0.2) is 6.10 Å². The molecule has 0 saturated heterocycles. The lowest BCUT2D eigenvalue weighted by Crippen LogP contribution is -2.05. The molecule has 0 atom stereocenters. The SMILES string of the molecule is C[CH]Sc1ccccc1OC(C)C. The maximum absolute atomic E-state index is 5.66. The summed E-state index contributed by atoms with van der Waals surface area (Å²) in [5.41, 5.74) is 0. The Bertz CT molecular complexity index is 258. The zero-order valence-electron chi connectivity index (χ0n) is 8.28. The van der Waals surface area contributed by atoms with Gasteiger partial charge in [-0.25, -0.2) is 0 Å². The first-order chi connectivity index (χ1) is 6.24. The molecule has 0 spiro atoms. The van der Waals surface area contributed by atoms with Crippen LogP contribution < -0.4 is 4.74 Å². The Balaban J connectivity index is 2.78. The number of para-hydroxylation sites is 1. The molecule has 0 unspecified atom stereocenters. The van der Waals surface area contributed by atoms with Gasteiger partial charge >= 0.3 is 0 Å². The summed E-state index contributed by atoms with van der Waals surface area (Å²) in [7, 11) is 0. The van der Waals surface area contributed by atoms with Crippen molar-refractivity contribution in [1.82, 2.24) is 0 Å². The molecule has 0 saturated carbocycles. The fourth-order valence-corrected chi connectivity index (χ4v) is 1.67. The molecule has 0 fully saturated rings. The van der Waals surface area contributed by atoms with Crippen molar-refractivity contribution in [2.75, 3.05) is 0 Å². The van der Waals surface area contributed by atoms with Crippen LogP contribution >= 0.6 is 11.8 Å². The van der Waals surface area contributed by atoms with Crippen LogP contribution in [0.1, 0.15) is 20.8 Å². The molecule has 71 valence electrons. The topological polar surface area (TPSA) is 9.23 Å². The van der Waals surface area contributed by atoms with E-state index in [4.69, 9.17) is 4.74 Å². The molecule has 0 aliphatic rings. The minimum atomic E-state index is 0.235. The zero-order valence-corrected chi connectivity index (χ0v) is 9.10. The first-order valence-corrected chi connectivity index (χ1v) is 5.32. The van der Waals surface area contributed by atoms with Crippen molar-refractivity contribution in [3.63, 3.8) is 0 Å². The van der Waals surface area contributed by atoms with Crippen molar-refractivity contribution in [1.29, 1.82) is 0 Å². The second-order valence-electron chi connectivity index (χ2n) is 2.97. The van der Waals surface area contributed by atoms with E-state index in [0.29, 0.717) is 0 Å². The molecule has 2 heteroatoms. The van der Waals surface area contributed by atoms with E-state index in [2.05, 4.69) is 11.8 Å². The second kappa shape index (κ2) is 5.18. The van der Waals surface area contributed by atoms with Gasteiger partial charge in [-0.15, -0.1) is 11.8 Å². The fraction of sp³-hybridized carbons (Fsp3) is 0.364. The summed E-state index contributed by atoms with van der Waals surface area (Å²) >= 11 is 1.69. The normalized spacial score (nSPS) is 10.5. The molecule has 0 N–H and O–H groups in total. The van der Waals surface area contributed by atoms with E-state index < -0.39 is 0 Å². The van der Waals surface area contributed by atoms with E-state index in [-0.39, 0.29) is 6.10 Å². The number of hydrogen-bond acceptors (Lipinski definition) is 2. The number of thioether (sulfide) groups is 1. The third kappa shape index (κ3) is 3.31. The summed E-state index contributed by atoms with van der Waals surface area (Å²) in [6.45, 7) is 6.10. The van der Waals surface area contributed by atoms with Crippen LogP contribution in [0.4, 0.5) is 0 Å². The number of ether oxygens (including phenoxy) is 1. The van der Waals surface area contributed by atoms with E-state index in [0.717, 1.165) is 5.75 Å². The Labute approximate surface area is 84.5 Å². The van der Waals surface area contributed by atoms with Gasteiger partial charge in [0.25, 0.3) is 0 Å². The minimum Gasteiger partial charge on any atom is -0.490 e. The maximum atomic E-state index is 5.66. The van der Waals surface area contributed by atoms with Gasteiger partial charge < -0.3 is 4.74 Å². The largest absolute Gasteiger partial charge is 0.490 e. The van der Waals surface area contributed by atoms with Crippen molar-refractivity contribution in [3.05, 3.63) is 30.0 Å². The van der Waals surface area contributed by atoms with Crippen molar-refractivity contribution in [3.8, 4) is 5.75 Å². The Morgan fingerprint density at radius 1 is 1.31 bits per heavy atom. The van der Waals surface area contributed by atoms with Crippen LogP contribution in [0.15, 0.2) is 29.2 Å². The standard InChI is InChI=1S/C11H15OS/c1-4-13-11-8-6-5-7-10(11)12-9(2)3/h4-9H,1-3H3. The Hall–Kier alpha value is -0.630. The lowest BCUT2D eigenvalue weighted by Gasteiger charge is -2.12. The van der Waals surface area contributed by atoms with Gasteiger partial charge in [0, 0.05) is 10.6 Å². The first kappa shape index (κ1) is 10.5. The van der Waals surface area contributed by atoms with Gasteiger partial charge in [0.15, 0.2) is 0 Å². The molecular formula is C11H15OS. The van der Waals surface area contributed by atoms with Crippen molar-refractivity contribution < 1.29 is 4.74 Å². The Kier molecular flexibility index (Phi) is 4.16. The number of benzene rings is 1. The molecule has 0 aliphatic carbocycles. The molecule has 1 aromatic carbocycles. The van der Waals surface area contributed by atoms with Gasteiger partial charge in [0.2, 0.25) is 0 Å². The molecule has 13 heavy (non-hydrogen) atoms. The van der Waals surface area contributed by atoms with Crippen molar-refractivity contribution in [2.45, 2.75) is 31.8 Å². The van der Waals surface area contributed by atoms with Crippen LogP contribution in [0.2, 0.25) is 0 Å². The van der Waals surface area contributed by atoms with Gasteiger partial charge in [-0.3, -0.25) is 0 Å². The number of rotatable bonds is 4. The highest BCUT2D eigenvalue weighted by Crippen LogP contribution is 2.30. The molecule has 1 aromatic rings. The van der Waals surface area contributed by atoms with Crippen molar-refractivity contribution in [2.24, 2.45) is 0 Å². The van der Waals surface area contributed by atoms with Crippen LogP contribution in [0.25, 0.3) is 0 Å². The lowest BCUT2D eigenvalue weighted by atomic mass is 10.3. The third-order valence-corrected chi connectivity index (χ3v) is 2.28. The van der Waals surface area contributed by atoms with E-state index in [1.165, 1.54) is 4.90 Å². The molecular weight excluding hydrogens is 180 g/mol. The summed E-state index contributed by atoms with van der Waals surface area (Å²) in [4.78, 5) is 1.18. The third-order valence-electron chi connectivity index (χ3n) is 1.46. The Morgan fingerprint density at radius 2 is 2.00 bits per heavy atom. The minimum absolute atomic E-state index is 0.235. The lowest BCUT2D eigenvalue weighted by molar-refractivity contribution is 0.236. The van der Waals surface area contributed by atoms with Gasteiger partial charge in [0.1, 0.15) is 5.75 Å². The van der Waals surface area contributed by atoms with Gasteiger partial charge in [-0.05, 0) is 26.0 Å². The zero-order chi connectivity index (χ0) is 9.68. The molecule has 1 nitrogen and oxygen atoms in total. The highest BCUT2D eigenvalue weighted by molar-refractivity contribution is 8.01. The average molecular weight is 195 g/mol. The molecule has 0 heterocycles. The molecule has 0 aromatic heterocycles. The van der Waals surface area contributed by atoms with E-state index in [1.807, 2.05) is 39.0 Å². The van der Waals surface area contributed by atoms with Crippen LogP contribution in [0, 0.1) is 5.75 Å². The summed E-state index contributed by atoms with van der Waals surface area (Å²) in [6.07, 6.45) is 0.235. The van der Waals surface area contributed by atoms with E-state index >= 15 is 0 Å². The fourth-order valence-electron chi connectivity index (χ4n) is 1.03. The summed E-state index contributed by atoms with van der Waals surface area (Å²) < 4.78 is 5.66. The first-order valence-electron chi connectivity index (χ1n) is 4.44. The summed E-state index contributed by atoms with van der Waals surface area (Å²) in [5.74, 6) is 3.03. The van der Waals surface area contributed by atoms with Crippen molar-refractivity contribution >= 4 is 11.8 Å². The predicted molar refractivity (Wildman–Crippen MR) is 58.0 cm³/mol. The van der Waals surface area contributed by atoms with Crippen LogP contribution in [-0.2, 0) is 0 Å². The summed E-state index contributed by atoms with van der Waals surface area (Å²) in [6, 6.07) is 8.10. The molecule has 0 aliphatic heterocycles.